The standard InChI is InChI=1S/C25H32N4O3S.H2/c1-2-23-29(15-17-8-9-17)24(31)21(33-23)14-22(30)27-12-10-19(11-13-27)28-16-20(26-25(28)32)18-6-4-3-5-7-18;/h3-7,16-17,19,21,23H,2,8-15H2,1H3,(H,26,32);1H. The van der Waals surface area contributed by atoms with Gasteiger partial charge in [-0.05, 0) is 43.6 Å². The van der Waals surface area contributed by atoms with Gasteiger partial charge in [-0.1, -0.05) is 37.3 Å². The van der Waals surface area contributed by atoms with Crippen LogP contribution in [-0.2, 0) is 9.59 Å². The van der Waals surface area contributed by atoms with Gasteiger partial charge in [0.1, 0.15) is 0 Å². The van der Waals surface area contributed by atoms with Gasteiger partial charge in [-0.3, -0.25) is 14.2 Å². The van der Waals surface area contributed by atoms with E-state index in [-0.39, 0.29) is 42.0 Å². The van der Waals surface area contributed by atoms with Crippen LogP contribution in [0.4, 0.5) is 0 Å². The van der Waals surface area contributed by atoms with Crippen molar-refractivity contribution in [2.45, 2.75) is 62.1 Å². The van der Waals surface area contributed by atoms with Crippen LogP contribution in [0.15, 0.2) is 41.3 Å². The lowest BCUT2D eigenvalue weighted by Gasteiger charge is -2.32. The Morgan fingerprint density at radius 1 is 1.12 bits per heavy atom. The molecule has 0 radical (unpaired) electrons. The molecule has 33 heavy (non-hydrogen) atoms. The molecule has 5 rings (SSSR count). The van der Waals surface area contributed by atoms with E-state index in [1.807, 2.05) is 46.3 Å². The van der Waals surface area contributed by atoms with Crippen molar-refractivity contribution in [3.05, 3.63) is 47.0 Å². The van der Waals surface area contributed by atoms with Crippen LogP contribution >= 0.6 is 11.8 Å². The number of H-pyrrole nitrogens is 1. The van der Waals surface area contributed by atoms with E-state index in [0.717, 1.165) is 37.1 Å². The molecule has 2 atom stereocenters. The Kier molecular flexibility index (Phi) is 6.36. The van der Waals surface area contributed by atoms with Crippen molar-refractivity contribution in [3.8, 4) is 11.3 Å². The van der Waals surface area contributed by atoms with Gasteiger partial charge in [-0.25, -0.2) is 4.79 Å². The Balaban J connectivity index is 0.00000274. The van der Waals surface area contributed by atoms with Gasteiger partial charge in [-0.2, -0.15) is 0 Å². The van der Waals surface area contributed by atoms with Crippen LogP contribution in [0.25, 0.3) is 11.3 Å². The topological polar surface area (TPSA) is 78.4 Å². The largest absolute Gasteiger partial charge is 0.342 e. The molecule has 8 heteroatoms. The molecule has 0 spiro atoms. The highest BCUT2D eigenvalue weighted by Crippen LogP contribution is 2.39. The maximum atomic E-state index is 13.0. The van der Waals surface area contributed by atoms with Crippen LogP contribution in [0.1, 0.15) is 52.9 Å². The van der Waals surface area contributed by atoms with Crippen LogP contribution < -0.4 is 5.69 Å². The van der Waals surface area contributed by atoms with Gasteiger partial charge >= 0.3 is 5.69 Å². The summed E-state index contributed by atoms with van der Waals surface area (Å²) in [5.41, 5.74) is 1.70. The summed E-state index contributed by atoms with van der Waals surface area (Å²) >= 11 is 1.67. The monoisotopic (exact) mass is 470 g/mol. The molecular weight excluding hydrogens is 436 g/mol. The zero-order valence-electron chi connectivity index (χ0n) is 19.1. The predicted molar refractivity (Wildman–Crippen MR) is 132 cm³/mol. The Labute approximate surface area is 200 Å². The number of nitrogens with zero attached hydrogens (tertiary/aromatic N) is 3. The minimum absolute atomic E-state index is 0. The van der Waals surface area contributed by atoms with Crippen LogP contribution in [0.3, 0.4) is 0 Å². The fourth-order valence-electron chi connectivity index (χ4n) is 5.01. The Hall–Kier alpha value is -2.48. The van der Waals surface area contributed by atoms with Crippen molar-refractivity contribution in [1.29, 1.82) is 0 Å². The van der Waals surface area contributed by atoms with Crippen molar-refractivity contribution in [3.63, 3.8) is 0 Å². The number of thioether (sulfide) groups is 1. The van der Waals surface area contributed by atoms with E-state index in [2.05, 4.69) is 11.9 Å². The molecule has 1 aromatic carbocycles. The molecule has 2 amide bonds. The number of benzene rings is 1. The summed E-state index contributed by atoms with van der Waals surface area (Å²) in [7, 11) is 0. The lowest BCUT2D eigenvalue weighted by Crippen LogP contribution is -2.42. The van der Waals surface area contributed by atoms with Gasteiger partial charge in [0.15, 0.2) is 0 Å². The number of amides is 2. The predicted octanol–water partition coefficient (Wildman–Crippen LogP) is 3.73. The number of imidazole rings is 1. The molecule has 1 aliphatic carbocycles. The molecule has 1 N–H and O–H groups in total. The number of rotatable bonds is 7. The maximum Gasteiger partial charge on any atom is 0.326 e. The number of hydrogen-bond acceptors (Lipinski definition) is 4. The van der Waals surface area contributed by atoms with E-state index in [9.17, 15) is 14.4 Å². The van der Waals surface area contributed by atoms with E-state index in [0.29, 0.717) is 19.0 Å². The minimum Gasteiger partial charge on any atom is -0.342 e. The number of nitrogens with one attached hydrogen (secondary N) is 1. The summed E-state index contributed by atoms with van der Waals surface area (Å²) in [6.45, 7) is 4.22. The lowest BCUT2D eigenvalue weighted by molar-refractivity contribution is -0.136. The summed E-state index contributed by atoms with van der Waals surface area (Å²) in [6.07, 6.45) is 7.04. The minimum atomic E-state index is -0.250. The highest BCUT2D eigenvalue weighted by Gasteiger charge is 2.43. The summed E-state index contributed by atoms with van der Waals surface area (Å²) in [4.78, 5) is 45.4. The van der Waals surface area contributed by atoms with Crippen LogP contribution in [-0.4, -0.2) is 61.4 Å². The van der Waals surface area contributed by atoms with Crippen molar-refractivity contribution in [2.24, 2.45) is 5.92 Å². The number of likely N-dealkylation sites (tertiary alicyclic amines) is 1. The molecule has 3 heterocycles. The first-order valence-electron chi connectivity index (χ1n) is 12.1. The number of aromatic amines is 1. The molecule has 2 saturated heterocycles. The summed E-state index contributed by atoms with van der Waals surface area (Å²) in [6, 6.07) is 9.90. The zero-order valence-corrected chi connectivity index (χ0v) is 19.9. The summed E-state index contributed by atoms with van der Waals surface area (Å²) in [5, 5.41) is -0.0411. The number of piperidine rings is 1. The molecule has 2 unspecified atom stereocenters. The van der Waals surface area contributed by atoms with Gasteiger partial charge in [-0.15, -0.1) is 11.8 Å². The van der Waals surface area contributed by atoms with Crippen LogP contribution in [0.2, 0.25) is 0 Å². The van der Waals surface area contributed by atoms with Crippen molar-refractivity contribution in [1.82, 2.24) is 19.4 Å². The lowest BCUT2D eigenvalue weighted by atomic mass is 10.0. The maximum absolute atomic E-state index is 13.0. The molecule has 178 valence electrons. The third kappa shape index (κ3) is 4.76. The number of carbonyl (C=O) groups is 2. The first-order chi connectivity index (χ1) is 16.0. The third-order valence-electron chi connectivity index (χ3n) is 7.13. The quantitative estimate of drug-likeness (QED) is 0.669. The first kappa shape index (κ1) is 22.3. The highest BCUT2D eigenvalue weighted by atomic mass is 32.2. The van der Waals surface area contributed by atoms with E-state index in [1.165, 1.54) is 12.8 Å². The van der Waals surface area contributed by atoms with Gasteiger partial charge in [0.25, 0.3) is 0 Å². The fraction of sp³-hybridized carbons (Fsp3) is 0.560. The molecule has 2 aliphatic heterocycles. The molecule has 1 saturated carbocycles. The van der Waals surface area contributed by atoms with E-state index < -0.39 is 0 Å². The number of carbonyl (C=O) groups excluding carboxylic acids is 2. The molecule has 3 fully saturated rings. The van der Waals surface area contributed by atoms with Gasteiger partial charge in [0.2, 0.25) is 11.8 Å². The average Bonchev–Trinajstić information content (AvgIpc) is 3.51. The summed E-state index contributed by atoms with van der Waals surface area (Å²) < 4.78 is 1.78. The molecule has 2 aromatic rings. The Morgan fingerprint density at radius 2 is 1.85 bits per heavy atom. The Bertz CT molecular complexity index is 1060. The van der Waals surface area contributed by atoms with Gasteiger partial charge in [0.05, 0.1) is 16.3 Å². The van der Waals surface area contributed by atoms with Gasteiger partial charge < -0.3 is 14.8 Å². The third-order valence-corrected chi connectivity index (χ3v) is 8.73. The second kappa shape index (κ2) is 9.41. The second-order valence-electron chi connectivity index (χ2n) is 9.48. The highest BCUT2D eigenvalue weighted by molar-refractivity contribution is 8.01. The SMILES string of the molecule is CCC1SC(CC(=O)N2CCC(n3cc(-c4ccccc4)[nH]c3=O)CC2)C(=O)N1CC1CC1.[HH]. The summed E-state index contributed by atoms with van der Waals surface area (Å²) in [5.74, 6) is 0.874. The number of aromatic nitrogens is 2. The molecular formula is C25H34N4O3S. The van der Waals surface area contributed by atoms with Gasteiger partial charge in [0, 0.05) is 39.7 Å². The van der Waals surface area contributed by atoms with Crippen molar-refractivity contribution >= 4 is 23.6 Å². The average molecular weight is 471 g/mol. The fourth-order valence-corrected chi connectivity index (χ4v) is 6.41. The van der Waals surface area contributed by atoms with Crippen LogP contribution in [0.5, 0.6) is 0 Å². The molecule has 7 nitrogen and oxygen atoms in total. The molecule has 3 aliphatic rings. The Morgan fingerprint density at radius 3 is 2.52 bits per heavy atom. The number of hydrogen-bond donors (Lipinski definition) is 1. The smallest absolute Gasteiger partial charge is 0.326 e. The second-order valence-corrected chi connectivity index (χ2v) is 10.9. The van der Waals surface area contributed by atoms with Crippen molar-refractivity contribution in [2.75, 3.05) is 19.6 Å². The van der Waals surface area contributed by atoms with Crippen molar-refractivity contribution < 1.29 is 11.0 Å². The zero-order chi connectivity index (χ0) is 22.9. The first-order valence-corrected chi connectivity index (χ1v) is 13.1. The van der Waals surface area contributed by atoms with E-state index in [1.54, 1.807) is 16.3 Å². The van der Waals surface area contributed by atoms with Crippen LogP contribution in [0, 0.1) is 5.92 Å². The normalized spacial score (nSPS) is 24.0. The van der Waals surface area contributed by atoms with E-state index >= 15 is 0 Å². The van der Waals surface area contributed by atoms with E-state index in [4.69, 9.17) is 0 Å². The molecule has 0 bridgehead atoms. The molecule has 1 aromatic heterocycles.